The first-order valence-corrected chi connectivity index (χ1v) is 4.99. The molecule has 0 saturated carbocycles. The Morgan fingerprint density at radius 3 is 2.31 bits per heavy atom. The Balaban J connectivity index is 2.65. The fraction of sp³-hybridized carbons (Fsp3) is 0. The number of hydrogen-bond donors (Lipinski definition) is 0. The summed E-state index contributed by atoms with van der Waals surface area (Å²) in [5.74, 6) is -3.21. The predicted octanol–water partition coefficient (Wildman–Crippen LogP) is 3.32. The maximum atomic E-state index is 13.4. The Labute approximate surface area is 97.3 Å². The third kappa shape index (κ3) is 1.92. The van der Waals surface area contributed by atoms with Crippen molar-refractivity contribution in [2.45, 2.75) is 0 Å². The highest BCUT2D eigenvalue weighted by atomic mass is 79.9. The summed E-state index contributed by atoms with van der Waals surface area (Å²) in [6, 6.07) is 1.26. The smallest absolute Gasteiger partial charge is 0.161 e. The second kappa shape index (κ2) is 4.21. The Morgan fingerprint density at radius 2 is 1.62 bits per heavy atom. The Hall–Kier alpha value is -1.43. The summed E-state index contributed by atoms with van der Waals surface area (Å²) in [4.78, 5) is 7.46. The SMILES string of the molecule is Fc1cc(F)c(-c2cncnc2Br)cc1F. The van der Waals surface area contributed by atoms with Gasteiger partial charge in [0.2, 0.25) is 0 Å². The van der Waals surface area contributed by atoms with Gasteiger partial charge in [0.25, 0.3) is 0 Å². The van der Waals surface area contributed by atoms with Gasteiger partial charge in [0.1, 0.15) is 16.7 Å². The topological polar surface area (TPSA) is 25.8 Å². The van der Waals surface area contributed by atoms with Crippen LogP contribution in [0, 0.1) is 17.5 Å². The van der Waals surface area contributed by atoms with Gasteiger partial charge in [-0.3, -0.25) is 0 Å². The van der Waals surface area contributed by atoms with Crippen molar-refractivity contribution < 1.29 is 13.2 Å². The maximum absolute atomic E-state index is 13.4. The number of aromatic nitrogens is 2. The van der Waals surface area contributed by atoms with E-state index in [-0.39, 0.29) is 11.1 Å². The molecule has 0 saturated heterocycles. The molecule has 1 heterocycles. The van der Waals surface area contributed by atoms with Crippen molar-refractivity contribution in [3.8, 4) is 11.1 Å². The van der Waals surface area contributed by atoms with Gasteiger partial charge in [-0.25, -0.2) is 23.1 Å². The van der Waals surface area contributed by atoms with Crippen LogP contribution in [0.3, 0.4) is 0 Å². The van der Waals surface area contributed by atoms with Crippen molar-refractivity contribution in [3.05, 3.63) is 46.7 Å². The minimum Gasteiger partial charge on any atom is -0.244 e. The van der Waals surface area contributed by atoms with E-state index in [9.17, 15) is 13.2 Å². The highest BCUT2D eigenvalue weighted by molar-refractivity contribution is 9.10. The lowest BCUT2D eigenvalue weighted by Crippen LogP contribution is -1.93. The van der Waals surface area contributed by atoms with E-state index in [0.717, 1.165) is 6.07 Å². The van der Waals surface area contributed by atoms with Crippen LogP contribution in [-0.4, -0.2) is 9.97 Å². The maximum Gasteiger partial charge on any atom is 0.161 e. The Morgan fingerprint density at radius 1 is 0.938 bits per heavy atom. The fourth-order valence-electron chi connectivity index (χ4n) is 1.22. The van der Waals surface area contributed by atoms with Crippen LogP contribution in [-0.2, 0) is 0 Å². The molecular weight excluding hydrogens is 285 g/mol. The van der Waals surface area contributed by atoms with Crippen LogP contribution in [0.15, 0.2) is 29.3 Å². The molecule has 2 nitrogen and oxygen atoms in total. The largest absolute Gasteiger partial charge is 0.244 e. The van der Waals surface area contributed by atoms with Gasteiger partial charge >= 0.3 is 0 Å². The van der Waals surface area contributed by atoms with Gasteiger partial charge in [0.15, 0.2) is 11.6 Å². The highest BCUT2D eigenvalue weighted by Gasteiger charge is 2.14. The summed E-state index contributed by atoms with van der Waals surface area (Å²) in [6.07, 6.45) is 2.57. The van der Waals surface area contributed by atoms with Crippen molar-refractivity contribution >= 4 is 15.9 Å². The van der Waals surface area contributed by atoms with Crippen LogP contribution >= 0.6 is 15.9 Å². The first-order valence-electron chi connectivity index (χ1n) is 4.20. The molecule has 6 heteroatoms. The van der Waals surface area contributed by atoms with Crippen molar-refractivity contribution in [1.82, 2.24) is 9.97 Å². The van der Waals surface area contributed by atoms with E-state index < -0.39 is 17.5 Å². The van der Waals surface area contributed by atoms with Crippen molar-refractivity contribution in [2.75, 3.05) is 0 Å². The van der Waals surface area contributed by atoms with E-state index >= 15 is 0 Å². The summed E-state index contributed by atoms with van der Waals surface area (Å²) in [7, 11) is 0. The number of nitrogens with zero attached hydrogens (tertiary/aromatic N) is 2. The van der Waals surface area contributed by atoms with E-state index in [0.29, 0.717) is 10.7 Å². The molecule has 2 aromatic rings. The number of benzene rings is 1. The van der Waals surface area contributed by atoms with Gasteiger partial charge in [-0.1, -0.05) is 0 Å². The molecule has 82 valence electrons. The number of halogens is 4. The molecule has 0 spiro atoms. The van der Waals surface area contributed by atoms with Crippen LogP contribution < -0.4 is 0 Å². The normalized spacial score (nSPS) is 10.5. The predicted molar refractivity (Wildman–Crippen MR) is 55.0 cm³/mol. The minimum atomic E-state index is -1.23. The standard InChI is InChI=1S/C10H4BrF3N2/c11-10-6(3-15-4-16-10)5-1-8(13)9(14)2-7(5)12/h1-4H. The zero-order valence-electron chi connectivity index (χ0n) is 7.72. The van der Waals surface area contributed by atoms with Crippen LogP contribution in [0.5, 0.6) is 0 Å². The second-order valence-electron chi connectivity index (χ2n) is 2.97. The molecule has 0 aliphatic heterocycles. The summed E-state index contributed by atoms with van der Waals surface area (Å²) in [5.41, 5.74) is 0.172. The minimum absolute atomic E-state index is 0.0913. The lowest BCUT2D eigenvalue weighted by atomic mass is 10.1. The van der Waals surface area contributed by atoms with Crippen molar-refractivity contribution in [2.24, 2.45) is 0 Å². The zero-order chi connectivity index (χ0) is 11.7. The van der Waals surface area contributed by atoms with E-state index in [4.69, 9.17) is 0 Å². The number of rotatable bonds is 1. The molecule has 16 heavy (non-hydrogen) atoms. The van der Waals surface area contributed by atoms with E-state index in [1.165, 1.54) is 12.5 Å². The summed E-state index contributed by atoms with van der Waals surface area (Å²) >= 11 is 3.08. The first kappa shape index (κ1) is 11.1. The molecule has 0 aliphatic carbocycles. The van der Waals surface area contributed by atoms with E-state index in [2.05, 4.69) is 25.9 Å². The average Bonchev–Trinajstić information content (AvgIpc) is 2.25. The third-order valence-corrected chi connectivity index (χ3v) is 2.60. The lowest BCUT2D eigenvalue weighted by molar-refractivity contribution is 0.496. The second-order valence-corrected chi connectivity index (χ2v) is 3.72. The first-order chi connectivity index (χ1) is 7.59. The third-order valence-electron chi connectivity index (χ3n) is 1.96. The summed E-state index contributed by atoms with van der Waals surface area (Å²) in [5, 5.41) is 0. The zero-order valence-corrected chi connectivity index (χ0v) is 9.30. The number of hydrogen-bond acceptors (Lipinski definition) is 2. The summed E-state index contributed by atoms with van der Waals surface area (Å²) in [6.45, 7) is 0. The molecule has 0 N–H and O–H groups in total. The molecule has 1 aromatic carbocycles. The molecule has 0 amide bonds. The van der Waals surface area contributed by atoms with Crippen molar-refractivity contribution in [3.63, 3.8) is 0 Å². The monoisotopic (exact) mass is 288 g/mol. The molecule has 0 atom stereocenters. The molecule has 0 radical (unpaired) electrons. The van der Waals surface area contributed by atoms with E-state index in [1.54, 1.807) is 0 Å². The van der Waals surface area contributed by atoms with Gasteiger partial charge in [0, 0.05) is 23.4 Å². The lowest BCUT2D eigenvalue weighted by Gasteiger charge is -2.05. The van der Waals surface area contributed by atoms with Crippen LogP contribution in [0.2, 0.25) is 0 Å². The van der Waals surface area contributed by atoms with E-state index in [1.807, 2.05) is 0 Å². The van der Waals surface area contributed by atoms with Gasteiger partial charge in [-0.05, 0) is 22.0 Å². The molecule has 1 aromatic heterocycles. The Kier molecular flexibility index (Phi) is 2.91. The molecule has 0 aliphatic rings. The molecule has 2 rings (SSSR count). The van der Waals surface area contributed by atoms with Gasteiger partial charge in [0.05, 0.1) is 0 Å². The van der Waals surface area contributed by atoms with Gasteiger partial charge in [-0.15, -0.1) is 0 Å². The summed E-state index contributed by atoms with van der Waals surface area (Å²) < 4.78 is 39.4. The van der Waals surface area contributed by atoms with Crippen molar-refractivity contribution in [1.29, 1.82) is 0 Å². The molecule has 0 unspecified atom stereocenters. The quantitative estimate of drug-likeness (QED) is 0.594. The average molecular weight is 289 g/mol. The highest BCUT2D eigenvalue weighted by Crippen LogP contribution is 2.29. The van der Waals surface area contributed by atoms with Gasteiger partial charge < -0.3 is 0 Å². The van der Waals surface area contributed by atoms with Crippen LogP contribution in [0.25, 0.3) is 11.1 Å². The van der Waals surface area contributed by atoms with Gasteiger partial charge in [-0.2, -0.15) is 0 Å². The molecule has 0 fully saturated rings. The van der Waals surface area contributed by atoms with Crippen LogP contribution in [0.1, 0.15) is 0 Å². The van der Waals surface area contributed by atoms with Crippen LogP contribution in [0.4, 0.5) is 13.2 Å². The molecule has 0 bridgehead atoms. The fourth-order valence-corrected chi connectivity index (χ4v) is 1.63. The molecular formula is C10H4BrF3N2. The Bertz CT molecular complexity index is 546.